The van der Waals surface area contributed by atoms with Crippen molar-refractivity contribution in [3.8, 4) is 0 Å². The van der Waals surface area contributed by atoms with E-state index in [1.54, 1.807) is 26.0 Å². The molecule has 0 spiro atoms. The Labute approximate surface area is 188 Å². The second kappa shape index (κ2) is 21.0. The van der Waals surface area contributed by atoms with E-state index in [0.717, 1.165) is 0 Å². The summed E-state index contributed by atoms with van der Waals surface area (Å²) in [5, 5.41) is 0. The minimum Gasteiger partial charge on any atom is -0.460 e. The number of esters is 2. The van der Waals surface area contributed by atoms with Crippen LogP contribution in [-0.2, 0) is 38.1 Å². The van der Waals surface area contributed by atoms with Crippen LogP contribution in [0.15, 0.2) is 48.6 Å². The number of hydrogen-bond acceptors (Lipinski definition) is 8. The van der Waals surface area contributed by atoms with E-state index in [4.69, 9.17) is 30.4 Å². The van der Waals surface area contributed by atoms with Crippen LogP contribution >= 0.6 is 0 Å². The predicted molar refractivity (Wildman–Crippen MR) is 119 cm³/mol. The van der Waals surface area contributed by atoms with E-state index in [1.807, 2.05) is 0 Å². The van der Waals surface area contributed by atoms with Crippen molar-refractivity contribution in [3.05, 3.63) is 48.6 Å². The molecular formula is C22H34N2O8. The maximum atomic E-state index is 11.0. The lowest BCUT2D eigenvalue weighted by molar-refractivity contribution is -0.142. The Morgan fingerprint density at radius 3 is 1.25 bits per heavy atom. The molecule has 0 aromatic heterocycles. The largest absolute Gasteiger partial charge is 0.460 e. The molecule has 180 valence electrons. The van der Waals surface area contributed by atoms with Gasteiger partial charge >= 0.3 is 11.9 Å². The van der Waals surface area contributed by atoms with Crippen LogP contribution in [0.25, 0.3) is 0 Å². The van der Waals surface area contributed by atoms with Crippen LogP contribution in [0.4, 0.5) is 0 Å². The molecule has 0 rings (SSSR count). The van der Waals surface area contributed by atoms with E-state index in [-0.39, 0.29) is 13.2 Å². The average molecular weight is 455 g/mol. The molecule has 0 aromatic rings. The van der Waals surface area contributed by atoms with Crippen LogP contribution in [0.3, 0.4) is 0 Å². The Morgan fingerprint density at radius 1 is 0.656 bits per heavy atom. The molecule has 10 nitrogen and oxygen atoms in total. The maximum Gasteiger partial charge on any atom is 0.333 e. The molecule has 0 unspecified atom stereocenters. The van der Waals surface area contributed by atoms with Gasteiger partial charge in [-0.1, -0.05) is 25.3 Å². The van der Waals surface area contributed by atoms with Gasteiger partial charge in [-0.05, 0) is 38.8 Å². The fourth-order valence-corrected chi connectivity index (χ4v) is 1.55. The summed E-state index contributed by atoms with van der Waals surface area (Å²) >= 11 is 0. The van der Waals surface area contributed by atoms with Crippen molar-refractivity contribution in [3.63, 3.8) is 0 Å². The van der Waals surface area contributed by atoms with Crippen molar-refractivity contribution in [1.82, 2.24) is 0 Å². The first-order chi connectivity index (χ1) is 15.1. The summed E-state index contributed by atoms with van der Waals surface area (Å²) < 4.78 is 20.0. The first-order valence-corrected chi connectivity index (χ1v) is 9.80. The number of carbonyl (C=O) groups is 4. The van der Waals surface area contributed by atoms with E-state index in [0.29, 0.717) is 50.4 Å². The van der Waals surface area contributed by atoms with Crippen LogP contribution in [-0.4, -0.2) is 63.4 Å². The first-order valence-electron chi connectivity index (χ1n) is 9.80. The summed E-state index contributed by atoms with van der Waals surface area (Å²) in [6.45, 7) is 11.8. The number of carbonyl (C=O) groups excluding carboxylic acids is 4. The summed E-state index contributed by atoms with van der Waals surface area (Å²) in [6, 6.07) is 0. The van der Waals surface area contributed by atoms with Crippen molar-refractivity contribution in [2.75, 3.05) is 39.6 Å². The summed E-state index contributed by atoms with van der Waals surface area (Å²) in [5.41, 5.74) is 10.4. The van der Waals surface area contributed by atoms with Gasteiger partial charge in [0.15, 0.2) is 0 Å². The maximum absolute atomic E-state index is 11.0. The lowest BCUT2D eigenvalue weighted by Crippen LogP contribution is -2.15. The van der Waals surface area contributed by atoms with Crippen molar-refractivity contribution in [2.45, 2.75) is 26.7 Å². The summed E-state index contributed by atoms with van der Waals surface area (Å²) in [6.07, 6.45) is 7.22. The molecule has 0 aliphatic rings. The molecule has 0 heterocycles. The van der Waals surface area contributed by atoms with Gasteiger partial charge in [-0.2, -0.15) is 0 Å². The smallest absolute Gasteiger partial charge is 0.333 e. The van der Waals surface area contributed by atoms with Gasteiger partial charge in [0.25, 0.3) is 0 Å². The second-order valence-corrected chi connectivity index (χ2v) is 6.24. The second-order valence-electron chi connectivity index (χ2n) is 6.24. The number of ether oxygens (including phenoxy) is 4. The van der Waals surface area contributed by atoms with Gasteiger partial charge in [-0.3, -0.25) is 9.59 Å². The molecule has 0 fully saturated rings. The third-order valence-corrected chi connectivity index (χ3v) is 3.05. The SMILES string of the molecule is C=C(C)C(=O)OCCOCCOCCOC(=O)C(=C)C.NC(=O)C=CCCC=CC(N)=O. The normalized spacial score (nSPS) is 10.3. The number of amides is 2. The highest BCUT2D eigenvalue weighted by molar-refractivity contribution is 5.87. The molecule has 0 aliphatic heterocycles. The minimum atomic E-state index is -0.464. The van der Waals surface area contributed by atoms with E-state index >= 15 is 0 Å². The topological polar surface area (TPSA) is 157 Å². The summed E-state index contributed by atoms with van der Waals surface area (Å²) in [7, 11) is 0. The number of nitrogens with two attached hydrogens (primary N) is 2. The fraction of sp³-hybridized carbons (Fsp3) is 0.455. The van der Waals surface area contributed by atoms with E-state index in [2.05, 4.69) is 13.2 Å². The Balaban J connectivity index is 0. The molecule has 2 amide bonds. The van der Waals surface area contributed by atoms with Gasteiger partial charge < -0.3 is 30.4 Å². The van der Waals surface area contributed by atoms with Gasteiger partial charge in [0.05, 0.1) is 26.4 Å². The molecule has 0 saturated carbocycles. The molecule has 32 heavy (non-hydrogen) atoms. The number of primary amides is 2. The number of allylic oxidation sites excluding steroid dienone is 2. The molecule has 0 saturated heterocycles. The third-order valence-electron chi connectivity index (χ3n) is 3.05. The molecular weight excluding hydrogens is 420 g/mol. The Morgan fingerprint density at radius 2 is 0.969 bits per heavy atom. The van der Waals surface area contributed by atoms with Crippen LogP contribution in [0.1, 0.15) is 26.7 Å². The van der Waals surface area contributed by atoms with Crippen LogP contribution in [0.2, 0.25) is 0 Å². The summed E-state index contributed by atoms with van der Waals surface area (Å²) in [4.78, 5) is 42.4. The van der Waals surface area contributed by atoms with Gasteiger partial charge in [0.1, 0.15) is 13.2 Å². The third kappa shape index (κ3) is 24.8. The minimum absolute atomic E-state index is 0.182. The van der Waals surface area contributed by atoms with Gasteiger partial charge in [-0.15, -0.1) is 0 Å². The molecule has 0 radical (unpaired) electrons. The van der Waals surface area contributed by atoms with Crippen LogP contribution in [0, 0.1) is 0 Å². The van der Waals surface area contributed by atoms with Crippen molar-refractivity contribution < 1.29 is 38.1 Å². The molecule has 0 aromatic carbocycles. The van der Waals surface area contributed by atoms with E-state index in [1.165, 1.54) is 12.2 Å². The molecule has 4 N–H and O–H groups in total. The van der Waals surface area contributed by atoms with Gasteiger partial charge in [0, 0.05) is 11.1 Å². The van der Waals surface area contributed by atoms with Crippen LogP contribution in [0.5, 0.6) is 0 Å². The fourth-order valence-electron chi connectivity index (χ4n) is 1.55. The Bertz CT molecular complexity index is 625. The van der Waals surface area contributed by atoms with Crippen molar-refractivity contribution >= 4 is 23.8 Å². The molecule has 0 bridgehead atoms. The average Bonchev–Trinajstić information content (AvgIpc) is 2.71. The lowest BCUT2D eigenvalue weighted by atomic mass is 10.2. The number of rotatable bonds is 16. The quantitative estimate of drug-likeness (QED) is 0.199. The standard InChI is InChI=1S/C14H22O6.C8H12N2O2/c1-11(2)13(15)19-9-7-17-5-6-18-8-10-20-14(16)12(3)4;9-7(11)5-3-1-2-4-6-8(10)12/h1,3,5-10H2,2,4H3;3-6H,1-2H2,(H2,9,11)(H2,10,12). The monoisotopic (exact) mass is 454 g/mol. The molecule has 0 aliphatic carbocycles. The number of unbranched alkanes of at least 4 members (excludes halogenated alkanes) is 1. The highest BCUT2D eigenvalue weighted by Crippen LogP contribution is 1.93. The zero-order valence-electron chi connectivity index (χ0n) is 18.8. The zero-order chi connectivity index (χ0) is 24.8. The van der Waals surface area contributed by atoms with E-state index < -0.39 is 23.8 Å². The van der Waals surface area contributed by atoms with Gasteiger partial charge in [0.2, 0.25) is 11.8 Å². The Hall–Kier alpha value is -3.24. The molecule has 10 heteroatoms. The highest BCUT2D eigenvalue weighted by atomic mass is 16.6. The van der Waals surface area contributed by atoms with E-state index in [9.17, 15) is 19.2 Å². The predicted octanol–water partition coefficient (Wildman–Crippen LogP) is 1.11. The van der Waals surface area contributed by atoms with Crippen molar-refractivity contribution in [1.29, 1.82) is 0 Å². The van der Waals surface area contributed by atoms with Gasteiger partial charge in [-0.25, -0.2) is 9.59 Å². The van der Waals surface area contributed by atoms with Crippen molar-refractivity contribution in [2.24, 2.45) is 11.5 Å². The Kier molecular flexibility index (Phi) is 20.3. The lowest BCUT2D eigenvalue weighted by Gasteiger charge is -2.07. The summed E-state index contributed by atoms with van der Waals surface area (Å²) in [5.74, 6) is -1.78. The van der Waals surface area contributed by atoms with Crippen LogP contribution < -0.4 is 11.5 Å². The number of hydrogen-bond donors (Lipinski definition) is 2. The zero-order valence-corrected chi connectivity index (χ0v) is 18.8. The highest BCUT2D eigenvalue weighted by Gasteiger charge is 2.03. The first kappa shape index (κ1) is 30.9. The molecule has 0 atom stereocenters.